The summed E-state index contributed by atoms with van der Waals surface area (Å²) in [6.45, 7) is 0.528. The van der Waals surface area contributed by atoms with Crippen LogP contribution in [0.1, 0.15) is 21.6 Å². The molecule has 0 radical (unpaired) electrons. The van der Waals surface area contributed by atoms with Crippen LogP contribution < -0.4 is 5.73 Å². The van der Waals surface area contributed by atoms with Crippen molar-refractivity contribution in [3.63, 3.8) is 0 Å². The fourth-order valence-corrected chi connectivity index (χ4v) is 4.39. The molecule has 3 aromatic rings. The molecular formula is C22H18BrN3O3. The zero-order chi connectivity index (χ0) is 20.0. The van der Waals surface area contributed by atoms with Gasteiger partial charge in [-0.05, 0) is 27.6 Å². The lowest BCUT2D eigenvalue weighted by molar-refractivity contribution is 0.0501. The number of rotatable bonds is 4. The minimum Gasteiger partial charge on any atom is -0.462 e. The summed E-state index contributed by atoms with van der Waals surface area (Å²) in [6, 6.07) is 15.4. The fraction of sp³-hybridized carbons (Fsp3) is 0.182. The van der Waals surface area contributed by atoms with Crippen LogP contribution >= 0.6 is 15.9 Å². The van der Waals surface area contributed by atoms with Crippen LogP contribution in [0.2, 0.25) is 0 Å². The van der Waals surface area contributed by atoms with Gasteiger partial charge in [0.2, 0.25) is 6.79 Å². The summed E-state index contributed by atoms with van der Waals surface area (Å²) in [5.41, 5.74) is 9.92. The maximum Gasteiger partial charge on any atom is 0.258 e. The first-order valence-corrected chi connectivity index (χ1v) is 10.1. The third-order valence-electron chi connectivity index (χ3n) is 5.35. The predicted octanol–water partition coefficient (Wildman–Crippen LogP) is 3.99. The molecular weight excluding hydrogens is 434 g/mol. The van der Waals surface area contributed by atoms with Crippen molar-refractivity contribution < 1.29 is 14.3 Å². The number of carbonyl (C=O) groups excluding carboxylic acids is 1. The summed E-state index contributed by atoms with van der Waals surface area (Å²) in [5.74, 6) is 0.503. The summed E-state index contributed by atoms with van der Waals surface area (Å²) in [5, 5.41) is 0.771. The maximum absolute atomic E-state index is 13.4. The second-order valence-electron chi connectivity index (χ2n) is 7.07. The van der Waals surface area contributed by atoms with Gasteiger partial charge in [-0.1, -0.05) is 42.5 Å². The molecule has 0 saturated heterocycles. The molecule has 1 amide bonds. The Hall–Kier alpha value is -3.06. The zero-order valence-electron chi connectivity index (χ0n) is 15.5. The highest BCUT2D eigenvalue weighted by atomic mass is 79.9. The van der Waals surface area contributed by atoms with Crippen LogP contribution in [-0.4, -0.2) is 28.6 Å². The molecule has 2 N–H and O–H groups in total. The SMILES string of the molecule is Nc1c2c(nc3c(Br)cccc13)CN(C(Cc1ccccc1)C1=COCO1)C2=O. The fourth-order valence-electron chi connectivity index (χ4n) is 3.94. The standard InChI is InChI=1S/C22H18BrN3O3/c23-15-8-4-7-14-20(24)19-16(25-21(14)15)10-26(22(19)27)17(18-11-28-12-29-18)9-13-5-2-1-3-6-13/h1-8,11,17H,9-10,12H2,(H2,24,25). The molecule has 5 rings (SSSR count). The number of nitrogen functional groups attached to an aromatic ring is 1. The van der Waals surface area contributed by atoms with Crippen LogP contribution in [0, 0.1) is 0 Å². The highest BCUT2D eigenvalue weighted by Gasteiger charge is 2.39. The van der Waals surface area contributed by atoms with Crippen LogP contribution in [0.3, 0.4) is 0 Å². The first-order valence-electron chi connectivity index (χ1n) is 9.29. The normalized spacial score (nSPS) is 16.4. The van der Waals surface area contributed by atoms with Gasteiger partial charge in [-0.25, -0.2) is 4.98 Å². The van der Waals surface area contributed by atoms with E-state index in [0.29, 0.717) is 35.7 Å². The van der Waals surface area contributed by atoms with E-state index in [-0.39, 0.29) is 18.7 Å². The molecule has 2 aliphatic heterocycles. The molecule has 2 aromatic carbocycles. The van der Waals surface area contributed by atoms with Gasteiger partial charge in [0.1, 0.15) is 6.26 Å². The Labute approximate surface area is 176 Å². The van der Waals surface area contributed by atoms with E-state index in [1.807, 2.05) is 48.5 Å². The van der Waals surface area contributed by atoms with Gasteiger partial charge in [-0.2, -0.15) is 0 Å². The topological polar surface area (TPSA) is 77.7 Å². The van der Waals surface area contributed by atoms with Crippen molar-refractivity contribution >= 4 is 38.4 Å². The number of ether oxygens (including phenoxy) is 2. The molecule has 7 heteroatoms. The first kappa shape index (κ1) is 18.0. The monoisotopic (exact) mass is 451 g/mol. The number of nitrogens with zero attached hydrogens (tertiary/aromatic N) is 2. The molecule has 3 heterocycles. The minimum atomic E-state index is -0.299. The van der Waals surface area contributed by atoms with Gasteiger partial charge in [0, 0.05) is 16.3 Å². The van der Waals surface area contributed by atoms with Crippen molar-refractivity contribution in [1.82, 2.24) is 9.88 Å². The Morgan fingerprint density at radius 3 is 2.76 bits per heavy atom. The minimum absolute atomic E-state index is 0.135. The first-order chi connectivity index (χ1) is 14.1. The smallest absolute Gasteiger partial charge is 0.258 e. The summed E-state index contributed by atoms with van der Waals surface area (Å²) in [7, 11) is 0. The third kappa shape index (κ3) is 3.02. The number of aromatic nitrogens is 1. The predicted molar refractivity (Wildman–Crippen MR) is 113 cm³/mol. The molecule has 1 atom stereocenters. The summed E-state index contributed by atoms with van der Waals surface area (Å²) in [6.07, 6.45) is 2.20. The molecule has 0 bridgehead atoms. The van der Waals surface area contributed by atoms with E-state index in [1.165, 1.54) is 0 Å². The molecule has 0 aliphatic carbocycles. The number of fused-ring (bicyclic) bond motifs is 2. The van der Waals surface area contributed by atoms with Crippen LogP contribution in [0.25, 0.3) is 10.9 Å². The van der Waals surface area contributed by atoms with Crippen molar-refractivity contribution in [2.24, 2.45) is 0 Å². The number of para-hydroxylation sites is 1. The second-order valence-corrected chi connectivity index (χ2v) is 7.93. The van der Waals surface area contributed by atoms with E-state index in [2.05, 4.69) is 15.9 Å². The molecule has 1 aromatic heterocycles. The molecule has 0 fully saturated rings. The van der Waals surface area contributed by atoms with E-state index in [9.17, 15) is 4.79 Å². The highest BCUT2D eigenvalue weighted by molar-refractivity contribution is 9.10. The third-order valence-corrected chi connectivity index (χ3v) is 5.99. The van der Waals surface area contributed by atoms with E-state index >= 15 is 0 Å². The molecule has 0 saturated carbocycles. The Balaban J connectivity index is 1.57. The molecule has 29 heavy (non-hydrogen) atoms. The van der Waals surface area contributed by atoms with Crippen LogP contribution in [0.4, 0.5) is 5.69 Å². The van der Waals surface area contributed by atoms with E-state index in [4.69, 9.17) is 20.2 Å². The lowest BCUT2D eigenvalue weighted by Gasteiger charge is -2.27. The second kappa shape index (κ2) is 7.08. The summed E-state index contributed by atoms with van der Waals surface area (Å²) in [4.78, 5) is 19.9. The van der Waals surface area contributed by atoms with Crippen molar-refractivity contribution in [2.45, 2.75) is 19.0 Å². The van der Waals surface area contributed by atoms with Crippen molar-refractivity contribution in [1.29, 1.82) is 0 Å². The van der Waals surface area contributed by atoms with Gasteiger partial charge in [0.05, 0.1) is 35.0 Å². The van der Waals surface area contributed by atoms with Gasteiger partial charge < -0.3 is 20.1 Å². The number of nitrogens with two attached hydrogens (primary N) is 1. The van der Waals surface area contributed by atoms with E-state index in [1.54, 1.807) is 11.2 Å². The van der Waals surface area contributed by atoms with Gasteiger partial charge in [-0.3, -0.25) is 4.79 Å². The van der Waals surface area contributed by atoms with E-state index < -0.39 is 0 Å². The van der Waals surface area contributed by atoms with Crippen LogP contribution in [-0.2, 0) is 22.4 Å². The average Bonchev–Trinajstić information content (AvgIpc) is 3.37. The lowest BCUT2D eigenvalue weighted by Crippen LogP contribution is -2.39. The van der Waals surface area contributed by atoms with Gasteiger partial charge >= 0.3 is 0 Å². The largest absolute Gasteiger partial charge is 0.462 e. The van der Waals surface area contributed by atoms with E-state index in [0.717, 1.165) is 20.9 Å². The lowest BCUT2D eigenvalue weighted by atomic mass is 10.0. The van der Waals surface area contributed by atoms with Gasteiger partial charge in [0.15, 0.2) is 5.76 Å². The Morgan fingerprint density at radius 2 is 2.00 bits per heavy atom. The van der Waals surface area contributed by atoms with Crippen LogP contribution in [0.5, 0.6) is 0 Å². The number of hydrogen-bond donors (Lipinski definition) is 1. The Morgan fingerprint density at radius 1 is 1.17 bits per heavy atom. The average molecular weight is 452 g/mol. The van der Waals surface area contributed by atoms with Gasteiger partial charge in [-0.15, -0.1) is 0 Å². The Bertz CT molecular complexity index is 1150. The number of anilines is 1. The summed E-state index contributed by atoms with van der Waals surface area (Å²) >= 11 is 3.53. The number of amides is 1. The number of carbonyl (C=O) groups is 1. The number of hydrogen-bond acceptors (Lipinski definition) is 5. The van der Waals surface area contributed by atoms with Crippen LogP contribution in [0.15, 0.2) is 65.0 Å². The van der Waals surface area contributed by atoms with Crippen molar-refractivity contribution in [2.75, 3.05) is 12.5 Å². The van der Waals surface area contributed by atoms with Crippen molar-refractivity contribution in [3.05, 3.63) is 81.8 Å². The van der Waals surface area contributed by atoms with Crippen molar-refractivity contribution in [3.8, 4) is 0 Å². The molecule has 2 aliphatic rings. The molecule has 0 spiro atoms. The number of halogens is 1. The summed E-state index contributed by atoms with van der Waals surface area (Å²) < 4.78 is 11.8. The number of pyridine rings is 1. The molecule has 6 nitrogen and oxygen atoms in total. The molecule has 146 valence electrons. The quantitative estimate of drug-likeness (QED) is 0.648. The highest BCUT2D eigenvalue weighted by Crippen LogP contribution is 2.37. The zero-order valence-corrected chi connectivity index (χ0v) is 17.1. The Kier molecular flexibility index (Phi) is 4.39. The van der Waals surface area contributed by atoms with Gasteiger partial charge in [0.25, 0.3) is 5.91 Å². The molecule has 1 unspecified atom stereocenters. The maximum atomic E-state index is 13.4. The number of benzene rings is 2.